The SMILES string of the molecule is CC1(C)c2ccccc2-c2ccc(-c3cccc4c3oc3cccc(-n5c6ccccc6c6ccccc65)c34)cc21. The van der Waals surface area contributed by atoms with E-state index < -0.39 is 0 Å². The standard InChI is InChI=1S/C39H27NO/c1-39(2)31-16-6-3-11-26(31)27-22-21-24(23-32(27)39)25-14-9-15-30-37-35(19-10-20-36(37)41-38(25)30)40-33-17-7-4-12-28(33)29-13-5-8-18-34(29)40/h3-23H,1-2H3. The van der Waals surface area contributed by atoms with Gasteiger partial charge in [-0.05, 0) is 58.1 Å². The Hall–Kier alpha value is -5.08. The maximum Gasteiger partial charge on any atom is 0.143 e. The van der Waals surface area contributed by atoms with E-state index in [2.05, 4.69) is 146 Å². The lowest BCUT2D eigenvalue weighted by Crippen LogP contribution is -2.14. The van der Waals surface area contributed by atoms with E-state index in [-0.39, 0.29) is 5.41 Å². The van der Waals surface area contributed by atoms with Gasteiger partial charge in [-0.25, -0.2) is 0 Å². The molecule has 0 bridgehead atoms. The zero-order valence-electron chi connectivity index (χ0n) is 23.0. The number of hydrogen-bond acceptors (Lipinski definition) is 1. The Labute approximate surface area is 238 Å². The van der Waals surface area contributed by atoms with Gasteiger partial charge < -0.3 is 8.98 Å². The van der Waals surface area contributed by atoms with Crippen LogP contribution in [0.1, 0.15) is 25.0 Å². The molecule has 0 radical (unpaired) electrons. The first kappa shape index (κ1) is 22.7. The summed E-state index contributed by atoms with van der Waals surface area (Å²) >= 11 is 0. The Morgan fingerprint density at radius 3 is 1.98 bits per heavy atom. The summed E-state index contributed by atoms with van der Waals surface area (Å²) < 4.78 is 9.11. The predicted molar refractivity (Wildman–Crippen MR) is 171 cm³/mol. The second-order valence-electron chi connectivity index (χ2n) is 11.7. The van der Waals surface area contributed by atoms with E-state index >= 15 is 0 Å². The molecule has 6 aromatic carbocycles. The van der Waals surface area contributed by atoms with Crippen molar-refractivity contribution in [3.8, 4) is 27.9 Å². The van der Waals surface area contributed by atoms with E-state index in [1.165, 1.54) is 49.6 Å². The minimum absolute atomic E-state index is 0.0482. The minimum atomic E-state index is -0.0482. The molecule has 2 heterocycles. The molecule has 0 aliphatic heterocycles. The lowest BCUT2D eigenvalue weighted by Gasteiger charge is -2.22. The highest BCUT2D eigenvalue weighted by Crippen LogP contribution is 2.50. The molecule has 0 unspecified atom stereocenters. The molecule has 2 nitrogen and oxygen atoms in total. The molecular weight excluding hydrogens is 498 g/mol. The normalized spacial score (nSPS) is 13.8. The Kier molecular flexibility index (Phi) is 4.42. The van der Waals surface area contributed by atoms with Crippen LogP contribution < -0.4 is 0 Å². The molecule has 194 valence electrons. The van der Waals surface area contributed by atoms with E-state index in [4.69, 9.17) is 4.42 Å². The zero-order chi connectivity index (χ0) is 27.3. The van der Waals surface area contributed by atoms with Crippen LogP contribution in [0, 0.1) is 0 Å². The van der Waals surface area contributed by atoms with Crippen molar-refractivity contribution in [3.63, 3.8) is 0 Å². The summed E-state index contributed by atoms with van der Waals surface area (Å²) in [5.74, 6) is 0. The average Bonchev–Trinajstić information content (AvgIpc) is 3.63. The lowest BCUT2D eigenvalue weighted by atomic mass is 9.81. The van der Waals surface area contributed by atoms with Gasteiger partial charge in [0.2, 0.25) is 0 Å². The summed E-state index contributed by atoms with van der Waals surface area (Å²) in [6, 6.07) is 46.1. The van der Waals surface area contributed by atoms with E-state index in [0.29, 0.717) is 0 Å². The van der Waals surface area contributed by atoms with E-state index in [9.17, 15) is 0 Å². The molecule has 0 atom stereocenters. The molecule has 0 fully saturated rings. The fourth-order valence-electron chi connectivity index (χ4n) is 7.30. The van der Waals surface area contributed by atoms with Crippen molar-refractivity contribution in [1.29, 1.82) is 0 Å². The molecule has 0 amide bonds. The fraction of sp³-hybridized carbons (Fsp3) is 0.0769. The smallest absolute Gasteiger partial charge is 0.143 e. The highest BCUT2D eigenvalue weighted by molar-refractivity contribution is 6.16. The first-order valence-electron chi connectivity index (χ1n) is 14.3. The second kappa shape index (κ2) is 7.99. The highest BCUT2D eigenvalue weighted by Gasteiger charge is 2.35. The minimum Gasteiger partial charge on any atom is -0.455 e. The van der Waals surface area contributed by atoms with Gasteiger partial charge >= 0.3 is 0 Å². The van der Waals surface area contributed by atoms with Gasteiger partial charge in [0.1, 0.15) is 11.2 Å². The van der Waals surface area contributed by atoms with Gasteiger partial charge in [-0.2, -0.15) is 0 Å². The molecule has 0 spiro atoms. The molecule has 0 N–H and O–H groups in total. The summed E-state index contributed by atoms with van der Waals surface area (Å²) in [6.07, 6.45) is 0. The van der Waals surface area contributed by atoms with Crippen molar-refractivity contribution in [2.45, 2.75) is 19.3 Å². The van der Waals surface area contributed by atoms with E-state index in [1.54, 1.807) is 0 Å². The zero-order valence-corrected chi connectivity index (χ0v) is 23.0. The van der Waals surface area contributed by atoms with Crippen molar-refractivity contribution in [2.24, 2.45) is 0 Å². The molecule has 0 saturated heterocycles. The Morgan fingerprint density at radius 1 is 0.537 bits per heavy atom. The molecule has 8 aromatic rings. The second-order valence-corrected chi connectivity index (χ2v) is 11.7. The summed E-state index contributed by atoms with van der Waals surface area (Å²) in [4.78, 5) is 0. The van der Waals surface area contributed by atoms with Gasteiger partial charge in [-0.3, -0.25) is 0 Å². The third kappa shape index (κ3) is 2.97. The highest BCUT2D eigenvalue weighted by atomic mass is 16.3. The molecule has 2 heteroatoms. The lowest BCUT2D eigenvalue weighted by molar-refractivity contribution is 0.660. The number of nitrogens with zero attached hydrogens (tertiary/aromatic N) is 1. The Morgan fingerprint density at radius 2 is 1.17 bits per heavy atom. The van der Waals surface area contributed by atoms with Gasteiger partial charge in [-0.1, -0.05) is 111 Å². The average molecular weight is 526 g/mol. The van der Waals surface area contributed by atoms with Gasteiger partial charge in [0.05, 0.1) is 22.1 Å². The maximum absolute atomic E-state index is 6.72. The van der Waals surface area contributed by atoms with Gasteiger partial charge in [0.15, 0.2) is 0 Å². The van der Waals surface area contributed by atoms with Crippen molar-refractivity contribution in [2.75, 3.05) is 0 Å². The molecule has 41 heavy (non-hydrogen) atoms. The van der Waals surface area contributed by atoms with Crippen molar-refractivity contribution >= 4 is 43.7 Å². The van der Waals surface area contributed by atoms with E-state index in [1.807, 2.05) is 0 Å². The van der Waals surface area contributed by atoms with Crippen LogP contribution >= 0.6 is 0 Å². The maximum atomic E-state index is 6.72. The number of benzene rings is 6. The summed E-state index contributed by atoms with van der Waals surface area (Å²) in [5, 5.41) is 4.80. The van der Waals surface area contributed by atoms with Gasteiger partial charge in [-0.15, -0.1) is 0 Å². The molecular formula is C39H27NO. The van der Waals surface area contributed by atoms with Crippen LogP contribution in [-0.4, -0.2) is 4.57 Å². The molecule has 0 saturated carbocycles. The fourth-order valence-corrected chi connectivity index (χ4v) is 7.30. The van der Waals surface area contributed by atoms with Crippen LogP contribution in [-0.2, 0) is 5.41 Å². The largest absolute Gasteiger partial charge is 0.455 e. The molecule has 1 aliphatic carbocycles. The number of aromatic nitrogens is 1. The molecule has 9 rings (SSSR count). The van der Waals surface area contributed by atoms with Crippen LogP contribution in [0.2, 0.25) is 0 Å². The first-order chi connectivity index (χ1) is 20.1. The number of hydrogen-bond donors (Lipinski definition) is 0. The number of furan rings is 1. The number of fused-ring (bicyclic) bond motifs is 9. The van der Waals surface area contributed by atoms with Crippen LogP contribution in [0.4, 0.5) is 0 Å². The van der Waals surface area contributed by atoms with Crippen LogP contribution in [0.3, 0.4) is 0 Å². The Bertz CT molecular complexity index is 2290. The van der Waals surface area contributed by atoms with Crippen LogP contribution in [0.15, 0.2) is 132 Å². The predicted octanol–water partition coefficient (Wildman–Crippen LogP) is 10.7. The van der Waals surface area contributed by atoms with Gasteiger partial charge in [0.25, 0.3) is 0 Å². The van der Waals surface area contributed by atoms with Gasteiger partial charge in [0, 0.05) is 27.1 Å². The Balaban J connectivity index is 1.31. The summed E-state index contributed by atoms with van der Waals surface area (Å²) in [7, 11) is 0. The third-order valence-corrected chi connectivity index (χ3v) is 9.22. The van der Waals surface area contributed by atoms with Crippen LogP contribution in [0.5, 0.6) is 0 Å². The molecule has 2 aromatic heterocycles. The topological polar surface area (TPSA) is 18.1 Å². The number of rotatable bonds is 2. The molecule has 1 aliphatic rings. The summed E-state index contributed by atoms with van der Waals surface area (Å²) in [5.41, 5.74) is 13.1. The van der Waals surface area contributed by atoms with Crippen molar-refractivity contribution in [3.05, 3.63) is 139 Å². The first-order valence-corrected chi connectivity index (χ1v) is 14.3. The van der Waals surface area contributed by atoms with Crippen LogP contribution in [0.25, 0.3) is 71.7 Å². The van der Waals surface area contributed by atoms with Crippen molar-refractivity contribution < 1.29 is 4.42 Å². The summed E-state index contributed by atoms with van der Waals surface area (Å²) in [6.45, 7) is 4.67. The third-order valence-electron chi connectivity index (χ3n) is 9.22. The quantitative estimate of drug-likeness (QED) is 0.219. The van der Waals surface area contributed by atoms with Crippen molar-refractivity contribution in [1.82, 2.24) is 4.57 Å². The number of para-hydroxylation sites is 3. The monoisotopic (exact) mass is 525 g/mol. The van der Waals surface area contributed by atoms with E-state index in [0.717, 1.165) is 33.2 Å².